The standard InChI is InChI=1S/C13H21N3O2/c1-16-6-2-3-11(7-16)4-5-15-12(17)13(8-14)9-18-10-13/h11H,2-7,9-10H2,1H3,(H,15,17). The highest BCUT2D eigenvalue weighted by Gasteiger charge is 2.46. The van der Waals surface area contributed by atoms with E-state index in [1.54, 1.807) is 0 Å². The van der Waals surface area contributed by atoms with Crippen molar-refractivity contribution in [2.24, 2.45) is 11.3 Å². The number of hydrogen-bond donors (Lipinski definition) is 1. The Morgan fingerprint density at radius 3 is 2.94 bits per heavy atom. The first-order chi connectivity index (χ1) is 8.66. The lowest BCUT2D eigenvalue weighted by Gasteiger charge is -2.34. The number of piperidine rings is 1. The molecule has 1 atom stereocenters. The maximum absolute atomic E-state index is 11.9. The van der Waals surface area contributed by atoms with Crippen LogP contribution in [-0.4, -0.2) is 50.7 Å². The van der Waals surface area contributed by atoms with Crippen molar-refractivity contribution < 1.29 is 9.53 Å². The third kappa shape index (κ3) is 2.82. The minimum Gasteiger partial charge on any atom is -0.377 e. The molecule has 0 aromatic carbocycles. The summed E-state index contributed by atoms with van der Waals surface area (Å²) in [6.07, 6.45) is 3.48. The van der Waals surface area contributed by atoms with E-state index in [9.17, 15) is 4.79 Å². The predicted octanol–water partition coefficient (Wildman–Crippen LogP) is 0.375. The van der Waals surface area contributed by atoms with E-state index in [1.165, 1.54) is 19.4 Å². The van der Waals surface area contributed by atoms with Crippen molar-refractivity contribution in [1.82, 2.24) is 10.2 Å². The molecule has 0 radical (unpaired) electrons. The highest BCUT2D eigenvalue weighted by atomic mass is 16.5. The van der Waals surface area contributed by atoms with Crippen LogP contribution in [0, 0.1) is 22.7 Å². The molecule has 2 heterocycles. The Balaban J connectivity index is 1.69. The molecule has 2 rings (SSSR count). The van der Waals surface area contributed by atoms with E-state index in [2.05, 4.69) is 23.3 Å². The number of rotatable bonds is 4. The molecule has 100 valence electrons. The molecule has 18 heavy (non-hydrogen) atoms. The number of carbonyl (C=O) groups excluding carboxylic acids is 1. The van der Waals surface area contributed by atoms with E-state index in [-0.39, 0.29) is 19.1 Å². The summed E-state index contributed by atoms with van der Waals surface area (Å²) in [5.74, 6) is 0.500. The summed E-state index contributed by atoms with van der Waals surface area (Å²) in [6.45, 7) is 3.43. The largest absolute Gasteiger partial charge is 0.377 e. The van der Waals surface area contributed by atoms with Crippen LogP contribution in [0.4, 0.5) is 0 Å². The van der Waals surface area contributed by atoms with Crippen LogP contribution in [0.15, 0.2) is 0 Å². The van der Waals surface area contributed by atoms with E-state index >= 15 is 0 Å². The lowest BCUT2D eigenvalue weighted by molar-refractivity contribution is -0.150. The summed E-state index contributed by atoms with van der Waals surface area (Å²) >= 11 is 0. The summed E-state index contributed by atoms with van der Waals surface area (Å²) in [7, 11) is 2.14. The molecule has 5 nitrogen and oxygen atoms in total. The third-order valence-electron chi connectivity index (χ3n) is 3.91. The number of nitrogens with zero attached hydrogens (tertiary/aromatic N) is 2. The number of carbonyl (C=O) groups is 1. The van der Waals surface area contributed by atoms with E-state index < -0.39 is 5.41 Å². The van der Waals surface area contributed by atoms with Crippen LogP contribution in [0.1, 0.15) is 19.3 Å². The zero-order chi connectivity index (χ0) is 13.0. The second-order valence-corrected chi connectivity index (χ2v) is 5.50. The van der Waals surface area contributed by atoms with Gasteiger partial charge in [0.05, 0.1) is 19.3 Å². The highest BCUT2D eigenvalue weighted by molar-refractivity contribution is 5.86. The van der Waals surface area contributed by atoms with Crippen molar-refractivity contribution in [2.75, 3.05) is 39.9 Å². The molecule has 1 unspecified atom stereocenters. The van der Waals surface area contributed by atoms with Crippen molar-refractivity contribution >= 4 is 5.91 Å². The van der Waals surface area contributed by atoms with Crippen LogP contribution in [-0.2, 0) is 9.53 Å². The first kappa shape index (κ1) is 13.3. The Kier molecular flexibility index (Phi) is 4.20. The van der Waals surface area contributed by atoms with Gasteiger partial charge in [-0.1, -0.05) is 0 Å². The molecule has 0 aromatic heterocycles. The van der Waals surface area contributed by atoms with Gasteiger partial charge < -0.3 is 15.0 Å². The Hall–Kier alpha value is -1.12. The zero-order valence-corrected chi connectivity index (χ0v) is 10.9. The summed E-state index contributed by atoms with van der Waals surface area (Å²) < 4.78 is 4.97. The fourth-order valence-electron chi connectivity index (χ4n) is 2.62. The Morgan fingerprint density at radius 1 is 1.61 bits per heavy atom. The van der Waals surface area contributed by atoms with Crippen molar-refractivity contribution in [3.8, 4) is 6.07 Å². The molecule has 2 fully saturated rings. The maximum atomic E-state index is 11.9. The highest BCUT2D eigenvalue weighted by Crippen LogP contribution is 2.26. The number of likely N-dealkylation sites (tertiary alicyclic amines) is 1. The monoisotopic (exact) mass is 251 g/mol. The van der Waals surface area contributed by atoms with Crippen molar-refractivity contribution in [2.45, 2.75) is 19.3 Å². The van der Waals surface area contributed by atoms with Gasteiger partial charge in [0.15, 0.2) is 5.41 Å². The first-order valence-corrected chi connectivity index (χ1v) is 6.62. The van der Waals surface area contributed by atoms with Gasteiger partial charge in [-0.25, -0.2) is 0 Å². The number of hydrogen-bond acceptors (Lipinski definition) is 4. The SMILES string of the molecule is CN1CCCC(CCNC(=O)C2(C#N)COC2)C1. The van der Waals surface area contributed by atoms with Crippen LogP contribution < -0.4 is 5.32 Å². The summed E-state index contributed by atoms with van der Waals surface area (Å²) in [6, 6.07) is 2.06. The van der Waals surface area contributed by atoms with Gasteiger partial charge in [0.25, 0.3) is 0 Å². The molecule has 5 heteroatoms. The van der Waals surface area contributed by atoms with Gasteiger partial charge in [-0.05, 0) is 38.8 Å². The van der Waals surface area contributed by atoms with E-state index in [1.807, 2.05) is 0 Å². The van der Waals surface area contributed by atoms with Gasteiger partial charge in [0.1, 0.15) is 0 Å². The molecule has 2 aliphatic heterocycles. The maximum Gasteiger partial charge on any atom is 0.245 e. The molecule has 2 saturated heterocycles. The quantitative estimate of drug-likeness (QED) is 0.784. The lowest BCUT2D eigenvalue weighted by atomic mass is 9.86. The zero-order valence-electron chi connectivity index (χ0n) is 10.9. The minimum atomic E-state index is -0.913. The molecular formula is C13H21N3O2. The third-order valence-corrected chi connectivity index (χ3v) is 3.91. The first-order valence-electron chi connectivity index (χ1n) is 6.62. The molecular weight excluding hydrogens is 230 g/mol. The van der Waals surface area contributed by atoms with E-state index in [0.717, 1.165) is 13.0 Å². The molecule has 1 N–H and O–H groups in total. The van der Waals surface area contributed by atoms with Crippen LogP contribution >= 0.6 is 0 Å². The average Bonchev–Trinajstić information content (AvgIpc) is 2.28. The lowest BCUT2D eigenvalue weighted by Crippen LogP contribution is -2.53. The molecule has 0 aliphatic carbocycles. The second-order valence-electron chi connectivity index (χ2n) is 5.50. The van der Waals surface area contributed by atoms with E-state index in [0.29, 0.717) is 12.5 Å². The topological polar surface area (TPSA) is 65.4 Å². The molecule has 2 aliphatic rings. The van der Waals surface area contributed by atoms with Crippen LogP contribution in [0.2, 0.25) is 0 Å². The number of amides is 1. The fourth-order valence-corrected chi connectivity index (χ4v) is 2.62. The minimum absolute atomic E-state index is 0.166. The fraction of sp³-hybridized carbons (Fsp3) is 0.846. The van der Waals surface area contributed by atoms with Crippen LogP contribution in [0.5, 0.6) is 0 Å². The normalized spacial score (nSPS) is 27.0. The van der Waals surface area contributed by atoms with E-state index in [4.69, 9.17) is 10.00 Å². The average molecular weight is 251 g/mol. The Bertz CT molecular complexity index is 347. The Labute approximate surface area is 108 Å². The van der Waals surface area contributed by atoms with Gasteiger partial charge in [-0.2, -0.15) is 5.26 Å². The smallest absolute Gasteiger partial charge is 0.245 e. The molecule has 0 aromatic rings. The summed E-state index contributed by atoms with van der Waals surface area (Å²) in [4.78, 5) is 14.2. The van der Waals surface area contributed by atoms with Crippen LogP contribution in [0.3, 0.4) is 0 Å². The van der Waals surface area contributed by atoms with Gasteiger partial charge in [0, 0.05) is 13.1 Å². The molecule has 0 bridgehead atoms. The van der Waals surface area contributed by atoms with Gasteiger partial charge in [-0.3, -0.25) is 4.79 Å². The molecule has 0 spiro atoms. The molecule has 1 amide bonds. The van der Waals surface area contributed by atoms with Crippen molar-refractivity contribution in [3.05, 3.63) is 0 Å². The van der Waals surface area contributed by atoms with Crippen molar-refractivity contribution in [3.63, 3.8) is 0 Å². The summed E-state index contributed by atoms with van der Waals surface area (Å²) in [5, 5.41) is 11.9. The number of nitrogens with one attached hydrogen (secondary N) is 1. The van der Waals surface area contributed by atoms with Gasteiger partial charge in [0.2, 0.25) is 5.91 Å². The second kappa shape index (κ2) is 5.68. The molecule has 0 saturated carbocycles. The number of nitriles is 1. The Morgan fingerprint density at radius 2 is 2.39 bits per heavy atom. The van der Waals surface area contributed by atoms with Crippen LogP contribution in [0.25, 0.3) is 0 Å². The van der Waals surface area contributed by atoms with Crippen molar-refractivity contribution in [1.29, 1.82) is 5.26 Å². The predicted molar refractivity (Wildman–Crippen MR) is 66.7 cm³/mol. The number of ether oxygens (including phenoxy) is 1. The van der Waals surface area contributed by atoms with Gasteiger partial charge in [-0.15, -0.1) is 0 Å². The van der Waals surface area contributed by atoms with Gasteiger partial charge >= 0.3 is 0 Å². The summed E-state index contributed by atoms with van der Waals surface area (Å²) in [5.41, 5.74) is -0.913.